The van der Waals surface area contributed by atoms with E-state index >= 15 is 0 Å². The fourth-order valence-electron chi connectivity index (χ4n) is 2.19. The first-order chi connectivity index (χ1) is 10.8. The van der Waals surface area contributed by atoms with Gasteiger partial charge >= 0.3 is 6.03 Å². The fraction of sp³-hybridized carbons (Fsp3) is 0.533. The van der Waals surface area contributed by atoms with Gasteiger partial charge in [-0.2, -0.15) is 0 Å². The lowest BCUT2D eigenvalue weighted by Gasteiger charge is -2.22. The molecule has 0 aromatic carbocycles. The number of amides is 3. The molecule has 7 heteroatoms. The average molecular weight is 306 g/mol. The minimum atomic E-state index is -0.246. The quantitative estimate of drug-likeness (QED) is 0.674. The third-order valence-electron chi connectivity index (χ3n) is 3.38. The van der Waals surface area contributed by atoms with Crippen LogP contribution in [-0.2, 0) is 4.74 Å². The summed E-state index contributed by atoms with van der Waals surface area (Å²) in [5.74, 6) is -0.203. The molecule has 22 heavy (non-hydrogen) atoms. The van der Waals surface area contributed by atoms with Gasteiger partial charge in [-0.25, -0.2) is 4.79 Å². The molecule has 120 valence electrons. The lowest BCUT2D eigenvalue weighted by molar-refractivity contribution is 0.0185. The van der Waals surface area contributed by atoms with Crippen molar-refractivity contribution in [1.29, 1.82) is 0 Å². The second-order valence-corrected chi connectivity index (χ2v) is 5.12. The van der Waals surface area contributed by atoms with Gasteiger partial charge in [0, 0.05) is 38.6 Å². The minimum absolute atomic E-state index is 0.116. The second kappa shape index (κ2) is 8.99. The van der Waals surface area contributed by atoms with Gasteiger partial charge in [0.05, 0.1) is 11.7 Å². The number of urea groups is 1. The van der Waals surface area contributed by atoms with Crippen LogP contribution in [0.4, 0.5) is 4.79 Å². The monoisotopic (exact) mass is 306 g/mol. The van der Waals surface area contributed by atoms with E-state index in [4.69, 9.17) is 4.74 Å². The van der Waals surface area contributed by atoms with Gasteiger partial charge in [0.15, 0.2) is 0 Å². The maximum Gasteiger partial charge on any atom is 0.314 e. The Balaban J connectivity index is 1.54. The molecule has 2 heterocycles. The molecule has 7 nitrogen and oxygen atoms in total. The molecule has 1 aliphatic rings. The maximum atomic E-state index is 11.7. The van der Waals surface area contributed by atoms with Crippen LogP contribution >= 0.6 is 0 Å². The van der Waals surface area contributed by atoms with E-state index in [0.29, 0.717) is 25.2 Å². The molecule has 1 atom stereocenters. The molecular weight excluding hydrogens is 284 g/mol. The standard InChI is InChI=1S/C15H22N4O3/c20-14(12-4-3-6-16-10-12)17-7-8-18-15(21)19-11-13-5-1-2-9-22-13/h3-4,6,10,13H,1-2,5,7-9,11H2,(H,17,20)(H2,18,19,21)/t13-/m1/s1. The number of rotatable bonds is 6. The third-order valence-corrected chi connectivity index (χ3v) is 3.38. The zero-order chi connectivity index (χ0) is 15.6. The summed E-state index contributed by atoms with van der Waals surface area (Å²) in [6, 6.07) is 3.14. The predicted octanol–water partition coefficient (Wildman–Crippen LogP) is 0.680. The van der Waals surface area contributed by atoms with Crippen molar-refractivity contribution in [3.63, 3.8) is 0 Å². The Morgan fingerprint density at radius 3 is 2.82 bits per heavy atom. The molecule has 0 aliphatic carbocycles. The highest BCUT2D eigenvalue weighted by atomic mass is 16.5. The Kier molecular flexibility index (Phi) is 6.63. The van der Waals surface area contributed by atoms with Gasteiger partial charge in [-0.05, 0) is 31.4 Å². The number of ether oxygens (including phenoxy) is 1. The van der Waals surface area contributed by atoms with Crippen LogP contribution in [0.2, 0.25) is 0 Å². The molecular formula is C15H22N4O3. The van der Waals surface area contributed by atoms with Gasteiger partial charge in [0.1, 0.15) is 0 Å². The molecule has 3 amide bonds. The van der Waals surface area contributed by atoms with Gasteiger partial charge in [-0.1, -0.05) is 0 Å². The summed E-state index contributed by atoms with van der Waals surface area (Å²) >= 11 is 0. The van der Waals surface area contributed by atoms with Gasteiger partial charge < -0.3 is 20.7 Å². The first-order valence-corrected chi connectivity index (χ1v) is 7.57. The lowest BCUT2D eigenvalue weighted by atomic mass is 10.1. The summed E-state index contributed by atoms with van der Waals surface area (Å²) in [4.78, 5) is 27.2. The third kappa shape index (κ3) is 5.69. The highest BCUT2D eigenvalue weighted by Crippen LogP contribution is 2.11. The van der Waals surface area contributed by atoms with E-state index in [-0.39, 0.29) is 18.0 Å². The number of pyridine rings is 1. The number of hydrogen-bond acceptors (Lipinski definition) is 4. The molecule has 0 radical (unpaired) electrons. The van der Waals surface area contributed by atoms with Crippen molar-refractivity contribution in [2.24, 2.45) is 0 Å². The van der Waals surface area contributed by atoms with Crippen LogP contribution in [0.25, 0.3) is 0 Å². The van der Waals surface area contributed by atoms with Crippen LogP contribution in [0.5, 0.6) is 0 Å². The Labute approximate surface area is 129 Å². The summed E-state index contributed by atoms with van der Waals surface area (Å²) in [5.41, 5.74) is 0.501. The molecule has 3 N–H and O–H groups in total. The topological polar surface area (TPSA) is 92.4 Å². The van der Waals surface area contributed by atoms with Crippen molar-refractivity contribution < 1.29 is 14.3 Å². The number of carbonyl (C=O) groups excluding carboxylic acids is 2. The molecule has 0 bridgehead atoms. The van der Waals surface area contributed by atoms with Crippen molar-refractivity contribution in [2.75, 3.05) is 26.2 Å². The zero-order valence-corrected chi connectivity index (χ0v) is 12.5. The van der Waals surface area contributed by atoms with E-state index in [9.17, 15) is 9.59 Å². The molecule has 1 aromatic heterocycles. The lowest BCUT2D eigenvalue weighted by Crippen LogP contribution is -2.43. The molecule has 0 spiro atoms. The number of hydrogen-bond donors (Lipinski definition) is 3. The van der Waals surface area contributed by atoms with Crippen LogP contribution < -0.4 is 16.0 Å². The summed E-state index contributed by atoms with van der Waals surface area (Å²) < 4.78 is 5.53. The molecule has 1 saturated heterocycles. The maximum absolute atomic E-state index is 11.7. The molecule has 1 aliphatic heterocycles. The van der Waals surface area contributed by atoms with Gasteiger partial charge in [-0.15, -0.1) is 0 Å². The molecule has 0 unspecified atom stereocenters. The van der Waals surface area contributed by atoms with Crippen LogP contribution in [0.15, 0.2) is 24.5 Å². The van der Waals surface area contributed by atoms with E-state index < -0.39 is 0 Å². The average Bonchev–Trinajstić information content (AvgIpc) is 2.58. The fourth-order valence-corrected chi connectivity index (χ4v) is 2.19. The largest absolute Gasteiger partial charge is 0.376 e. The summed E-state index contributed by atoms with van der Waals surface area (Å²) in [7, 11) is 0. The van der Waals surface area contributed by atoms with Crippen molar-refractivity contribution in [3.8, 4) is 0 Å². The summed E-state index contributed by atoms with van der Waals surface area (Å²) in [5, 5.41) is 8.18. The normalized spacial score (nSPS) is 17.5. The van der Waals surface area contributed by atoms with Crippen LogP contribution in [0.1, 0.15) is 29.6 Å². The Morgan fingerprint density at radius 1 is 1.23 bits per heavy atom. The second-order valence-electron chi connectivity index (χ2n) is 5.12. The highest BCUT2D eigenvalue weighted by molar-refractivity contribution is 5.93. The van der Waals surface area contributed by atoms with E-state index in [1.165, 1.54) is 6.20 Å². The first kappa shape index (κ1) is 16.2. The smallest absolute Gasteiger partial charge is 0.314 e. The molecule has 0 saturated carbocycles. The Bertz CT molecular complexity index is 475. The van der Waals surface area contributed by atoms with Crippen LogP contribution in [0, 0.1) is 0 Å². The van der Waals surface area contributed by atoms with Gasteiger partial charge in [0.25, 0.3) is 5.91 Å². The van der Waals surface area contributed by atoms with E-state index in [1.807, 2.05) is 0 Å². The number of nitrogens with zero attached hydrogens (tertiary/aromatic N) is 1. The van der Waals surface area contributed by atoms with Crippen molar-refractivity contribution in [1.82, 2.24) is 20.9 Å². The molecule has 1 fully saturated rings. The first-order valence-electron chi connectivity index (χ1n) is 7.57. The number of nitrogens with one attached hydrogen (secondary N) is 3. The highest BCUT2D eigenvalue weighted by Gasteiger charge is 2.14. The minimum Gasteiger partial charge on any atom is -0.376 e. The van der Waals surface area contributed by atoms with E-state index in [0.717, 1.165) is 25.9 Å². The van der Waals surface area contributed by atoms with Crippen molar-refractivity contribution in [2.45, 2.75) is 25.4 Å². The SMILES string of the molecule is O=C(NCCNC(=O)c1cccnc1)NC[C@H]1CCCCO1. The van der Waals surface area contributed by atoms with Gasteiger partial charge in [-0.3, -0.25) is 9.78 Å². The van der Waals surface area contributed by atoms with Gasteiger partial charge in [0.2, 0.25) is 0 Å². The van der Waals surface area contributed by atoms with Crippen molar-refractivity contribution in [3.05, 3.63) is 30.1 Å². The van der Waals surface area contributed by atoms with Crippen LogP contribution in [0.3, 0.4) is 0 Å². The summed E-state index contributed by atoms with van der Waals surface area (Å²) in [6.07, 6.45) is 6.46. The summed E-state index contributed by atoms with van der Waals surface area (Å²) in [6.45, 7) is 2.02. The predicted molar refractivity (Wildman–Crippen MR) is 81.6 cm³/mol. The Morgan fingerprint density at radius 2 is 2.09 bits per heavy atom. The number of aromatic nitrogens is 1. The Hall–Kier alpha value is -2.15. The van der Waals surface area contributed by atoms with Crippen molar-refractivity contribution >= 4 is 11.9 Å². The molecule has 1 aromatic rings. The van der Waals surface area contributed by atoms with E-state index in [1.54, 1.807) is 18.3 Å². The molecule has 2 rings (SSSR count). The van der Waals surface area contributed by atoms with E-state index in [2.05, 4.69) is 20.9 Å². The van der Waals surface area contributed by atoms with Crippen LogP contribution in [-0.4, -0.2) is 49.3 Å². The zero-order valence-electron chi connectivity index (χ0n) is 12.5. The number of carbonyl (C=O) groups is 2.